The lowest BCUT2D eigenvalue weighted by Gasteiger charge is -2.28. The first-order valence-corrected chi connectivity index (χ1v) is 11.6. The van der Waals surface area contributed by atoms with Crippen LogP contribution in [0.2, 0.25) is 0 Å². The van der Waals surface area contributed by atoms with Crippen molar-refractivity contribution in [2.75, 3.05) is 11.9 Å². The van der Waals surface area contributed by atoms with Gasteiger partial charge in [-0.05, 0) is 37.4 Å². The van der Waals surface area contributed by atoms with Crippen LogP contribution in [0.1, 0.15) is 30.9 Å². The van der Waals surface area contributed by atoms with Crippen molar-refractivity contribution in [1.82, 2.24) is 19.7 Å². The van der Waals surface area contributed by atoms with Crippen molar-refractivity contribution < 1.29 is 9.53 Å². The number of hydrogen-bond acceptors (Lipinski definition) is 7. The molecule has 10 heteroatoms. The first kappa shape index (κ1) is 21.7. The zero-order valence-corrected chi connectivity index (χ0v) is 19.2. The van der Waals surface area contributed by atoms with Crippen LogP contribution in [0.5, 0.6) is 0 Å². The summed E-state index contributed by atoms with van der Waals surface area (Å²) in [6.45, 7) is 3.62. The summed E-state index contributed by atoms with van der Waals surface area (Å²) >= 11 is 1.50. The molecule has 0 spiro atoms. The average molecular weight is 476 g/mol. The molecule has 172 valence electrons. The first-order chi connectivity index (χ1) is 16.5. The summed E-state index contributed by atoms with van der Waals surface area (Å²) in [5.41, 5.74) is 1.88. The number of para-hydroxylation sites is 1. The molecule has 0 saturated heterocycles. The Morgan fingerprint density at radius 3 is 2.65 bits per heavy atom. The molecule has 3 aromatic heterocycles. The number of allylic oxidation sites excluding steroid dienone is 1. The van der Waals surface area contributed by atoms with Crippen LogP contribution >= 0.6 is 11.3 Å². The Balaban J connectivity index is 1.82. The summed E-state index contributed by atoms with van der Waals surface area (Å²) < 4.78 is 7.08. The second kappa shape index (κ2) is 8.64. The molecule has 3 N–H and O–H groups in total. The number of rotatable bonds is 5. The van der Waals surface area contributed by atoms with E-state index in [2.05, 4.69) is 15.3 Å². The molecule has 1 unspecified atom stereocenters. The summed E-state index contributed by atoms with van der Waals surface area (Å²) in [5.74, 6) is -1.11. The van der Waals surface area contributed by atoms with E-state index in [1.54, 1.807) is 18.5 Å². The highest BCUT2D eigenvalue weighted by Gasteiger charge is 2.38. The van der Waals surface area contributed by atoms with Crippen LogP contribution in [-0.2, 0) is 9.53 Å². The summed E-state index contributed by atoms with van der Waals surface area (Å²) in [5, 5.41) is 9.77. The average Bonchev–Trinajstić information content (AvgIpc) is 3.48. The van der Waals surface area contributed by atoms with Crippen molar-refractivity contribution in [3.8, 4) is 16.3 Å². The number of anilines is 1. The van der Waals surface area contributed by atoms with Crippen LogP contribution in [0.3, 0.4) is 0 Å². The predicted molar refractivity (Wildman–Crippen MR) is 129 cm³/mol. The molecular formula is C24H21N5O4S. The van der Waals surface area contributed by atoms with E-state index in [1.165, 1.54) is 11.3 Å². The van der Waals surface area contributed by atoms with Gasteiger partial charge in [-0.15, -0.1) is 11.3 Å². The molecule has 1 aromatic carbocycles. The van der Waals surface area contributed by atoms with Gasteiger partial charge in [0.2, 0.25) is 0 Å². The molecule has 1 aliphatic rings. The second-order valence-electron chi connectivity index (χ2n) is 7.70. The van der Waals surface area contributed by atoms with Crippen LogP contribution in [0.15, 0.2) is 74.9 Å². The summed E-state index contributed by atoms with van der Waals surface area (Å²) in [7, 11) is 0. The Kier molecular flexibility index (Phi) is 5.50. The number of aromatic amines is 2. The molecule has 0 aliphatic carbocycles. The molecule has 9 nitrogen and oxygen atoms in total. The van der Waals surface area contributed by atoms with Crippen molar-refractivity contribution in [3.05, 3.63) is 97.3 Å². The Labute approximate surface area is 197 Å². The van der Waals surface area contributed by atoms with E-state index in [9.17, 15) is 14.4 Å². The first-order valence-electron chi connectivity index (χ1n) is 10.7. The third-order valence-corrected chi connectivity index (χ3v) is 6.47. The number of hydrogen-bond donors (Lipinski definition) is 3. The van der Waals surface area contributed by atoms with Crippen molar-refractivity contribution in [1.29, 1.82) is 0 Å². The molecule has 0 amide bonds. The molecule has 1 atom stereocenters. The van der Waals surface area contributed by atoms with Gasteiger partial charge in [-0.25, -0.2) is 14.3 Å². The van der Waals surface area contributed by atoms with E-state index in [4.69, 9.17) is 9.84 Å². The number of H-pyrrole nitrogens is 2. The Hall–Kier alpha value is -4.18. The molecule has 4 heterocycles. The van der Waals surface area contributed by atoms with E-state index < -0.39 is 23.1 Å². The lowest BCUT2D eigenvalue weighted by Crippen LogP contribution is -2.35. The number of thiophene rings is 1. The minimum absolute atomic E-state index is 0.179. The van der Waals surface area contributed by atoms with Gasteiger partial charge in [-0.2, -0.15) is 5.10 Å². The number of nitrogens with one attached hydrogen (secondary N) is 3. The fraction of sp³-hybridized carbons (Fsp3) is 0.167. The van der Waals surface area contributed by atoms with Gasteiger partial charge in [-0.1, -0.05) is 24.3 Å². The SMILES string of the molecule is CCOC(=O)C1=C(C)Nc2[nH]c(=O)[nH]c(=O)c2C1c1cn(-c2ccccc2)nc1-c1cccs1. The molecule has 34 heavy (non-hydrogen) atoms. The number of esters is 1. The van der Waals surface area contributed by atoms with Crippen LogP contribution in [0, 0.1) is 0 Å². The Morgan fingerprint density at radius 1 is 1.15 bits per heavy atom. The molecular weight excluding hydrogens is 454 g/mol. The van der Waals surface area contributed by atoms with Crippen molar-refractivity contribution in [2.24, 2.45) is 0 Å². The maximum Gasteiger partial charge on any atom is 0.336 e. The maximum absolute atomic E-state index is 13.1. The monoisotopic (exact) mass is 475 g/mol. The fourth-order valence-electron chi connectivity index (χ4n) is 4.19. The van der Waals surface area contributed by atoms with Crippen LogP contribution in [0.25, 0.3) is 16.3 Å². The third kappa shape index (κ3) is 3.67. The van der Waals surface area contributed by atoms with Crippen LogP contribution in [0.4, 0.5) is 5.82 Å². The van der Waals surface area contributed by atoms with E-state index in [-0.39, 0.29) is 23.6 Å². The maximum atomic E-state index is 13.1. The van der Waals surface area contributed by atoms with Gasteiger partial charge in [-0.3, -0.25) is 14.8 Å². The number of carbonyl (C=O) groups excluding carboxylic acids is 1. The Bertz CT molecular complexity index is 1510. The molecule has 4 aromatic rings. The quantitative estimate of drug-likeness (QED) is 0.381. The van der Waals surface area contributed by atoms with Gasteiger partial charge < -0.3 is 10.1 Å². The van der Waals surface area contributed by atoms with E-state index >= 15 is 0 Å². The Morgan fingerprint density at radius 2 is 1.94 bits per heavy atom. The largest absolute Gasteiger partial charge is 0.463 e. The molecule has 0 radical (unpaired) electrons. The van der Waals surface area contributed by atoms with Gasteiger partial charge in [0, 0.05) is 17.5 Å². The fourth-order valence-corrected chi connectivity index (χ4v) is 4.92. The van der Waals surface area contributed by atoms with Crippen LogP contribution in [-0.4, -0.2) is 32.3 Å². The number of carbonyl (C=O) groups is 1. The summed E-state index contributed by atoms with van der Waals surface area (Å²) in [6, 6.07) is 13.4. The highest BCUT2D eigenvalue weighted by molar-refractivity contribution is 7.13. The predicted octanol–water partition coefficient (Wildman–Crippen LogP) is 3.37. The van der Waals surface area contributed by atoms with Gasteiger partial charge in [0.15, 0.2) is 0 Å². The third-order valence-electron chi connectivity index (χ3n) is 5.60. The summed E-state index contributed by atoms with van der Waals surface area (Å²) in [4.78, 5) is 44.0. The minimum Gasteiger partial charge on any atom is -0.463 e. The molecule has 1 aliphatic heterocycles. The van der Waals surface area contributed by atoms with Crippen molar-refractivity contribution in [3.63, 3.8) is 0 Å². The molecule has 0 saturated carbocycles. The number of benzene rings is 1. The van der Waals surface area contributed by atoms with E-state index in [0.717, 1.165) is 10.6 Å². The minimum atomic E-state index is -0.814. The van der Waals surface area contributed by atoms with E-state index in [1.807, 2.05) is 54.0 Å². The lowest BCUT2D eigenvalue weighted by atomic mass is 9.82. The smallest absolute Gasteiger partial charge is 0.336 e. The second-order valence-corrected chi connectivity index (χ2v) is 8.65. The molecule has 5 rings (SSSR count). The lowest BCUT2D eigenvalue weighted by molar-refractivity contribution is -0.138. The zero-order valence-electron chi connectivity index (χ0n) is 18.4. The van der Waals surface area contributed by atoms with Gasteiger partial charge in [0.25, 0.3) is 5.56 Å². The topological polar surface area (TPSA) is 122 Å². The van der Waals surface area contributed by atoms with Crippen LogP contribution < -0.4 is 16.6 Å². The number of fused-ring (bicyclic) bond motifs is 1. The van der Waals surface area contributed by atoms with Gasteiger partial charge in [0.1, 0.15) is 11.5 Å². The van der Waals surface area contributed by atoms with Gasteiger partial charge in [0.05, 0.1) is 34.2 Å². The van der Waals surface area contributed by atoms with Crippen molar-refractivity contribution in [2.45, 2.75) is 19.8 Å². The van der Waals surface area contributed by atoms with E-state index in [0.29, 0.717) is 17.0 Å². The number of nitrogens with zero attached hydrogens (tertiary/aromatic N) is 2. The standard InChI is InChI=1S/C24H21N5O4S/c1-3-33-23(31)17-13(2)25-21-19(22(30)27-24(32)26-21)18(17)15-12-29(14-8-5-4-6-9-14)28-20(15)16-10-7-11-34-16/h4-12,18H,3H2,1-2H3,(H3,25,26,27,30,32). The van der Waals surface area contributed by atoms with Crippen molar-refractivity contribution >= 4 is 23.1 Å². The number of ether oxygens (including phenoxy) is 1. The summed E-state index contributed by atoms with van der Waals surface area (Å²) in [6.07, 6.45) is 1.82. The molecule has 0 fully saturated rings. The normalized spacial score (nSPS) is 15.1. The van der Waals surface area contributed by atoms with Gasteiger partial charge >= 0.3 is 11.7 Å². The number of aromatic nitrogens is 4. The highest BCUT2D eigenvalue weighted by Crippen LogP contribution is 2.43. The molecule has 0 bridgehead atoms. The zero-order chi connectivity index (χ0) is 23.8. The highest BCUT2D eigenvalue weighted by atomic mass is 32.1.